The van der Waals surface area contributed by atoms with E-state index in [9.17, 15) is 14.7 Å². The maximum Gasteiger partial charge on any atom is 0.295 e. The van der Waals surface area contributed by atoms with Gasteiger partial charge in [0.05, 0.1) is 18.2 Å². The second-order valence-electron chi connectivity index (χ2n) is 6.70. The Balaban J connectivity index is 1.76. The van der Waals surface area contributed by atoms with Crippen molar-refractivity contribution in [2.45, 2.75) is 19.4 Å². The van der Waals surface area contributed by atoms with Crippen LogP contribution in [0.1, 0.15) is 28.6 Å². The van der Waals surface area contributed by atoms with Gasteiger partial charge < -0.3 is 19.4 Å². The summed E-state index contributed by atoms with van der Waals surface area (Å²) in [5.41, 5.74) is 2.39. The number of aryl methyl sites for hydroxylation is 1. The molecule has 1 saturated heterocycles. The highest BCUT2D eigenvalue weighted by Crippen LogP contribution is 2.39. The van der Waals surface area contributed by atoms with Crippen molar-refractivity contribution >= 4 is 17.4 Å². The van der Waals surface area contributed by atoms with Gasteiger partial charge in [0.2, 0.25) is 0 Å². The lowest BCUT2D eigenvalue weighted by Crippen LogP contribution is -2.31. The number of carbonyl (C=O) groups is 2. The van der Waals surface area contributed by atoms with Crippen LogP contribution in [-0.2, 0) is 16.0 Å². The second-order valence-corrected chi connectivity index (χ2v) is 6.70. The van der Waals surface area contributed by atoms with Gasteiger partial charge in [0.15, 0.2) is 0 Å². The average molecular weight is 377 g/mol. The van der Waals surface area contributed by atoms with Crippen LogP contribution >= 0.6 is 0 Å². The van der Waals surface area contributed by atoms with Gasteiger partial charge in [-0.2, -0.15) is 0 Å². The third kappa shape index (κ3) is 3.11. The lowest BCUT2D eigenvalue weighted by molar-refractivity contribution is -0.140. The number of Topliss-reactive ketones (excluding diaryl/α,β-unsaturated/α-hetero) is 1. The highest BCUT2D eigenvalue weighted by molar-refractivity contribution is 6.46. The second kappa shape index (κ2) is 7.19. The summed E-state index contributed by atoms with van der Waals surface area (Å²) in [5.74, 6) is -1.15. The molecule has 0 radical (unpaired) electrons. The summed E-state index contributed by atoms with van der Waals surface area (Å²) in [6.45, 7) is 2.21. The van der Waals surface area contributed by atoms with Gasteiger partial charge in [-0.15, -0.1) is 0 Å². The molecule has 1 atom stereocenters. The van der Waals surface area contributed by atoms with Gasteiger partial charge in [0.1, 0.15) is 17.6 Å². The van der Waals surface area contributed by atoms with E-state index in [0.717, 1.165) is 11.3 Å². The van der Waals surface area contributed by atoms with Crippen molar-refractivity contribution in [1.82, 2.24) is 14.9 Å². The number of likely N-dealkylation sites (tertiary alicyclic amines) is 1. The monoisotopic (exact) mass is 377 g/mol. The van der Waals surface area contributed by atoms with Crippen molar-refractivity contribution in [2.75, 3.05) is 6.54 Å². The lowest BCUT2D eigenvalue weighted by Gasteiger charge is -2.23. The van der Waals surface area contributed by atoms with Crippen molar-refractivity contribution in [2.24, 2.45) is 0 Å². The molecule has 142 valence electrons. The Morgan fingerprint density at radius 1 is 1.25 bits per heavy atom. The molecule has 1 unspecified atom stereocenters. The smallest absolute Gasteiger partial charge is 0.295 e. The number of imidazole rings is 1. The van der Waals surface area contributed by atoms with E-state index in [2.05, 4.69) is 9.97 Å². The van der Waals surface area contributed by atoms with Crippen molar-refractivity contribution < 1.29 is 19.1 Å². The Hall–Kier alpha value is -3.61. The first kappa shape index (κ1) is 17.8. The molecule has 0 spiro atoms. The lowest BCUT2D eigenvalue weighted by atomic mass is 9.99. The number of nitrogens with zero attached hydrogens (tertiary/aromatic N) is 2. The number of aromatic amines is 1. The summed E-state index contributed by atoms with van der Waals surface area (Å²) in [6.07, 6.45) is 5.21. The van der Waals surface area contributed by atoms with Gasteiger partial charge in [-0.3, -0.25) is 9.59 Å². The van der Waals surface area contributed by atoms with Crippen LogP contribution in [-0.4, -0.2) is 38.2 Å². The van der Waals surface area contributed by atoms with Crippen molar-refractivity contribution in [3.63, 3.8) is 0 Å². The van der Waals surface area contributed by atoms with Gasteiger partial charge in [0.25, 0.3) is 11.7 Å². The molecule has 0 aliphatic carbocycles. The Morgan fingerprint density at radius 2 is 2.04 bits per heavy atom. The molecular weight excluding hydrogens is 358 g/mol. The maximum absolute atomic E-state index is 12.8. The topological polar surface area (TPSA) is 99.4 Å². The Morgan fingerprint density at radius 3 is 2.68 bits per heavy atom. The summed E-state index contributed by atoms with van der Waals surface area (Å²) in [6, 6.07) is 9.73. The molecule has 2 aromatic heterocycles. The predicted molar refractivity (Wildman–Crippen MR) is 101 cm³/mol. The molecule has 28 heavy (non-hydrogen) atoms. The molecule has 1 aliphatic rings. The Labute approximate surface area is 161 Å². The van der Waals surface area contributed by atoms with Crippen LogP contribution in [0, 0.1) is 6.92 Å². The number of carbonyl (C=O) groups excluding carboxylic acids is 2. The number of aromatic nitrogens is 2. The van der Waals surface area contributed by atoms with Crippen LogP contribution in [0.25, 0.3) is 5.76 Å². The number of aliphatic hydroxyl groups is 1. The zero-order valence-corrected chi connectivity index (χ0v) is 15.3. The minimum atomic E-state index is -0.778. The summed E-state index contributed by atoms with van der Waals surface area (Å²) in [4.78, 5) is 33.9. The molecule has 2 N–H and O–H groups in total. The zero-order valence-electron chi connectivity index (χ0n) is 15.3. The standard InChI is InChI=1S/C21H19N3O4/c1-13-4-6-14(7-5-13)19(25)17-18(16-3-2-10-28-16)24(21(27)20(17)26)9-8-15-11-22-12-23-15/h2-7,10-12,18,25H,8-9H2,1H3,(H,22,23)/b19-17+. The first-order valence-electron chi connectivity index (χ1n) is 8.92. The maximum atomic E-state index is 12.8. The summed E-state index contributed by atoms with van der Waals surface area (Å²) in [5, 5.41) is 10.9. The zero-order chi connectivity index (χ0) is 19.7. The van der Waals surface area contributed by atoms with E-state index in [1.165, 1.54) is 11.2 Å². The van der Waals surface area contributed by atoms with Crippen LogP contribution in [0.2, 0.25) is 0 Å². The van der Waals surface area contributed by atoms with Crippen molar-refractivity contribution in [3.05, 3.63) is 83.3 Å². The number of hydrogen-bond donors (Lipinski definition) is 2. The predicted octanol–water partition coefficient (Wildman–Crippen LogP) is 2.98. The largest absolute Gasteiger partial charge is 0.507 e. The van der Waals surface area contributed by atoms with E-state index in [1.54, 1.807) is 36.8 Å². The molecule has 0 bridgehead atoms. The molecule has 4 rings (SSSR count). The van der Waals surface area contributed by atoms with E-state index >= 15 is 0 Å². The first-order valence-corrected chi connectivity index (χ1v) is 8.92. The Bertz CT molecular complexity index is 1020. The third-order valence-electron chi connectivity index (χ3n) is 4.85. The highest BCUT2D eigenvalue weighted by atomic mass is 16.3. The number of rotatable bonds is 5. The number of furan rings is 1. The van der Waals surface area contributed by atoms with E-state index in [4.69, 9.17) is 4.42 Å². The number of H-pyrrole nitrogens is 1. The summed E-state index contributed by atoms with van der Waals surface area (Å²) < 4.78 is 5.51. The fourth-order valence-electron chi connectivity index (χ4n) is 3.38. The quantitative estimate of drug-likeness (QED) is 0.405. The van der Waals surface area contributed by atoms with Crippen molar-refractivity contribution in [3.8, 4) is 0 Å². The molecule has 7 heteroatoms. The van der Waals surface area contributed by atoms with E-state index in [1.807, 2.05) is 19.1 Å². The Kier molecular flexibility index (Phi) is 4.57. The van der Waals surface area contributed by atoms with Gasteiger partial charge in [-0.05, 0) is 19.1 Å². The SMILES string of the molecule is Cc1ccc(/C(O)=C2\C(=O)C(=O)N(CCc3cnc[nH]3)C2c2ccco2)cc1. The molecule has 1 amide bonds. The van der Waals surface area contributed by atoms with E-state index < -0.39 is 17.7 Å². The fourth-order valence-corrected chi connectivity index (χ4v) is 3.38. The van der Waals surface area contributed by atoms with Crippen LogP contribution in [0.15, 0.2) is 65.2 Å². The number of aliphatic hydroxyl groups excluding tert-OH is 1. The van der Waals surface area contributed by atoms with E-state index in [0.29, 0.717) is 17.7 Å². The van der Waals surface area contributed by atoms with Gasteiger partial charge in [-0.1, -0.05) is 29.8 Å². The molecule has 0 saturated carbocycles. The first-order chi connectivity index (χ1) is 13.6. The summed E-state index contributed by atoms with van der Waals surface area (Å²) >= 11 is 0. The van der Waals surface area contributed by atoms with Crippen LogP contribution < -0.4 is 0 Å². The fraction of sp³-hybridized carbons (Fsp3) is 0.190. The van der Waals surface area contributed by atoms with Gasteiger partial charge >= 0.3 is 0 Å². The molecule has 3 heterocycles. The minimum Gasteiger partial charge on any atom is -0.507 e. The molecule has 1 aliphatic heterocycles. The molecule has 3 aromatic rings. The van der Waals surface area contributed by atoms with Crippen LogP contribution in [0.5, 0.6) is 0 Å². The number of amides is 1. The van der Waals surface area contributed by atoms with Crippen LogP contribution in [0.4, 0.5) is 0 Å². The summed E-state index contributed by atoms with van der Waals surface area (Å²) in [7, 11) is 0. The van der Waals surface area contributed by atoms with Crippen molar-refractivity contribution in [1.29, 1.82) is 0 Å². The molecular formula is C21H19N3O4. The number of hydrogen-bond acceptors (Lipinski definition) is 5. The van der Waals surface area contributed by atoms with Gasteiger partial charge in [0, 0.05) is 30.4 Å². The normalized spacial score (nSPS) is 18.8. The number of benzene rings is 1. The minimum absolute atomic E-state index is 0.0356. The average Bonchev–Trinajstić information content (AvgIpc) is 3.43. The number of nitrogens with one attached hydrogen (secondary N) is 1. The molecule has 1 fully saturated rings. The highest BCUT2D eigenvalue weighted by Gasteiger charge is 2.47. The molecule has 7 nitrogen and oxygen atoms in total. The number of ketones is 1. The van der Waals surface area contributed by atoms with E-state index in [-0.39, 0.29) is 17.9 Å². The van der Waals surface area contributed by atoms with Gasteiger partial charge in [-0.25, -0.2) is 4.98 Å². The van der Waals surface area contributed by atoms with Crippen LogP contribution in [0.3, 0.4) is 0 Å². The third-order valence-corrected chi connectivity index (χ3v) is 4.85. The molecule has 1 aromatic carbocycles.